The van der Waals surface area contributed by atoms with Gasteiger partial charge in [0.1, 0.15) is 5.60 Å². The third kappa shape index (κ3) is 3.46. The fourth-order valence-electron chi connectivity index (χ4n) is 4.21. The molecule has 8 heteroatoms. The van der Waals surface area contributed by atoms with E-state index >= 15 is 0 Å². The molecule has 1 saturated heterocycles. The minimum absolute atomic E-state index is 0.0588. The molecule has 5 rings (SSSR count). The molecule has 3 aromatic heterocycles. The van der Waals surface area contributed by atoms with E-state index in [0.717, 1.165) is 46.3 Å². The molecular weight excluding hydrogens is 406 g/mol. The first-order chi connectivity index (χ1) is 15.3. The monoisotopic (exact) mass is 431 g/mol. The number of aryl methyl sites for hydroxylation is 3. The molecule has 0 spiro atoms. The van der Waals surface area contributed by atoms with Gasteiger partial charge in [-0.05, 0) is 74.2 Å². The van der Waals surface area contributed by atoms with Crippen LogP contribution in [0, 0.1) is 13.8 Å². The molecule has 0 amide bonds. The quantitative estimate of drug-likeness (QED) is 0.513. The Labute approximate surface area is 185 Å². The summed E-state index contributed by atoms with van der Waals surface area (Å²) in [5.74, 6) is 0.827. The van der Waals surface area contributed by atoms with Gasteiger partial charge in [0.05, 0.1) is 5.52 Å². The molecule has 0 aliphatic carbocycles. The van der Waals surface area contributed by atoms with E-state index in [-0.39, 0.29) is 5.56 Å². The van der Waals surface area contributed by atoms with Gasteiger partial charge in [-0.15, -0.1) is 0 Å². The van der Waals surface area contributed by atoms with Crippen LogP contribution in [-0.2, 0) is 17.4 Å². The van der Waals surface area contributed by atoms with E-state index in [2.05, 4.69) is 20.4 Å². The number of ether oxygens (including phenoxy) is 1. The van der Waals surface area contributed by atoms with Crippen LogP contribution in [0.2, 0.25) is 0 Å². The first-order valence-electron chi connectivity index (χ1n) is 10.7. The molecule has 1 aliphatic heterocycles. The van der Waals surface area contributed by atoms with Gasteiger partial charge in [-0.2, -0.15) is 4.98 Å². The maximum Gasteiger partial charge on any atom is 0.267 e. The SMILES string of the molecule is Cc1cc2c(cn1)cc(-c1cc(Nc3noc([C@@]4(C)CCCO4)n3)ccc1C)c(=O)n2C. The van der Waals surface area contributed by atoms with Crippen LogP contribution in [0.4, 0.5) is 11.6 Å². The van der Waals surface area contributed by atoms with Crippen LogP contribution in [0.3, 0.4) is 0 Å². The lowest BCUT2D eigenvalue weighted by Crippen LogP contribution is -2.20. The van der Waals surface area contributed by atoms with Crippen LogP contribution in [0.5, 0.6) is 0 Å². The van der Waals surface area contributed by atoms with Gasteiger partial charge < -0.3 is 19.1 Å². The summed E-state index contributed by atoms with van der Waals surface area (Å²) in [5.41, 5.74) is 4.36. The summed E-state index contributed by atoms with van der Waals surface area (Å²) >= 11 is 0. The molecule has 164 valence electrons. The fraction of sp³-hybridized carbons (Fsp3) is 0.333. The number of rotatable bonds is 4. The summed E-state index contributed by atoms with van der Waals surface area (Å²) in [6.07, 6.45) is 3.62. The van der Waals surface area contributed by atoms with E-state index in [4.69, 9.17) is 9.26 Å². The molecule has 0 bridgehead atoms. The summed E-state index contributed by atoms with van der Waals surface area (Å²) in [5, 5.41) is 8.16. The largest absolute Gasteiger partial charge is 0.365 e. The highest BCUT2D eigenvalue weighted by Gasteiger charge is 2.37. The second kappa shape index (κ2) is 7.56. The average molecular weight is 431 g/mol. The standard InChI is InChI=1S/C24H25N5O3/c1-14-6-7-17(26-23-27-22(32-28-23)24(3)8-5-9-31-24)12-18(14)19-11-16-13-25-15(2)10-20(16)29(4)21(19)30/h6-7,10-13H,5,8-9H2,1-4H3,(H,26,28)/t24-/m1/s1. The normalized spacial score (nSPS) is 18.4. The second-order valence-corrected chi connectivity index (χ2v) is 8.57. The summed E-state index contributed by atoms with van der Waals surface area (Å²) in [4.78, 5) is 22.0. The number of hydrogen-bond donors (Lipinski definition) is 1. The van der Waals surface area contributed by atoms with Crippen molar-refractivity contribution in [1.82, 2.24) is 19.7 Å². The minimum atomic E-state index is -0.533. The molecule has 0 radical (unpaired) electrons. The van der Waals surface area contributed by atoms with Crippen molar-refractivity contribution in [3.05, 3.63) is 64.0 Å². The number of fused-ring (bicyclic) bond motifs is 1. The van der Waals surface area contributed by atoms with Crippen LogP contribution in [-0.4, -0.2) is 26.3 Å². The van der Waals surface area contributed by atoms with Gasteiger partial charge in [0.25, 0.3) is 17.4 Å². The number of anilines is 2. The molecule has 8 nitrogen and oxygen atoms in total. The summed E-state index contributed by atoms with van der Waals surface area (Å²) < 4.78 is 12.9. The fourth-order valence-corrected chi connectivity index (χ4v) is 4.21. The lowest BCUT2D eigenvalue weighted by molar-refractivity contribution is -0.00937. The number of hydrogen-bond acceptors (Lipinski definition) is 7. The Bertz CT molecular complexity index is 1380. The zero-order valence-electron chi connectivity index (χ0n) is 18.6. The smallest absolute Gasteiger partial charge is 0.267 e. The number of nitrogens with zero attached hydrogens (tertiary/aromatic N) is 4. The molecular formula is C24H25N5O3. The Morgan fingerprint density at radius 2 is 2.00 bits per heavy atom. The molecule has 32 heavy (non-hydrogen) atoms. The zero-order valence-corrected chi connectivity index (χ0v) is 18.6. The molecule has 1 atom stereocenters. The topological polar surface area (TPSA) is 95.1 Å². The number of nitrogens with one attached hydrogen (secondary N) is 1. The Morgan fingerprint density at radius 1 is 1.16 bits per heavy atom. The van der Waals surface area contributed by atoms with Gasteiger partial charge >= 0.3 is 0 Å². The van der Waals surface area contributed by atoms with E-state index in [1.165, 1.54) is 0 Å². The molecule has 0 unspecified atom stereocenters. The maximum absolute atomic E-state index is 13.2. The van der Waals surface area contributed by atoms with Crippen LogP contribution >= 0.6 is 0 Å². The molecule has 1 N–H and O–H groups in total. The van der Waals surface area contributed by atoms with Gasteiger partial charge in [-0.1, -0.05) is 6.07 Å². The Balaban J connectivity index is 1.51. The van der Waals surface area contributed by atoms with Crippen molar-refractivity contribution in [2.45, 2.75) is 39.2 Å². The van der Waals surface area contributed by atoms with Crippen LogP contribution in [0.1, 0.15) is 36.9 Å². The number of aromatic nitrogens is 4. The van der Waals surface area contributed by atoms with Crippen LogP contribution < -0.4 is 10.9 Å². The highest BCUT2D eigenvalue weighted by molar-refractivity contribution is 5.85. The Kier molecular flexibility index (Phi) is 4.82. The predicted octanol–water partition coefficient (Wildman–Crippen LogP) is 4.37. The highest BCUT2D eigenvalue weighted by atomic mass is 16.5. The van der Waals surface area contributed by atoms with E-state index in [1.54, 1.807) is 17.8 Å². The third-order valence-corrected chi connectivity index (χ3v) is 6.13. The predicted molar refractivity (Wildman–Crippen MR) is 122 cm³/mol. The van der Waals surface area contributed by atoms with Crippen LogP contribution in [0.15, 0.2) is 45.8 Å². The summed E-state index contributed by atoms with van der Waals surface area (Å²) in [7, 11) is 1.79. The second-order valence-electron chi connectivity index (χ2n) is 8.57. The van der Waals surface area contributed by atoms with Gasteiger partial charge in [-0.25, -0.2) is 0 Å². The lowest BCUT2D eigenvalue weighted by Gasteiger charge is -2.16. The van der Waals surface area contributed by atoms with Crippen molar-refractivity contribution >= 4 is 22.5 Å². The van der Waals surface area contributed by atoms with Crippen molar-refractivity contribution in [2.75, 3.05) is 11.9 Å². The van der Waals surface area contributed by atoms with Gasteiger partial charge in [-0.3, -0.25) is 9.78 Å². The van der Waals surface area contributed by atoms with Gasteiger partial charge in [0, 0.05) is 42.2 Å². The molecule has 1 aromatic carbocycles. The van der Waals surface area contributed by atoms with Crippen molar-refractivity contribution in [2.24, 2.45) is 7.05 Å². The van der Waals surface area contributed by atoms with Crippen molar-refractivity contribution in [3.63, 3.8) is 0 Å². The van der Waals surface area contributed by atoms with Gasteiger partial charge in [0.2, 0.25) is 0 Å². The van der Waals surface area contributed by atoms with Crippen molar-refractivity contribution < 1.29 is 9.26 Å². The molecule has 1 aliphatic rings. The zero-order chi connectivity index (χ0) is 22.5. The number of pyridine rings is 2. The van der Waals surface area contributed by atoms with E-state index in [9.17, 15) is 4.79 Å². The highest BCUT2D eigenvalue weighted by Crippen LogP contribution is 2.35. The average Bonchev–Trinajstić information content (AvgIpc) is 3.43. The lowest BCUT2D eigenvalue weighted by atomic mass is 9.99. The number of benzene rings is 1. The van der Waals surface area contributed by atoms with Gasteiger partial charge in [0.15, 0.2) is 0 Å². The molecule has 0 saturated carbocycles. The molecule has 4 heterocycles. The molecule has 1 fully saturated rings. The first-order valence-corrected chi connectivity index (χ1v) is 10.7. The molecule has 4 aromatic rings. The Hall–Kier alpha value is -3.52. The maximum atomic E-state index is 13.2. The van der Waals surface area contributed by atoms with E-state index < -0.39 is 5.60 Å². The van der Waals surface area contributed by atoms with E-state index in [0.29, 0.717) is 24.0 Å². The van der Waals surface area contributed by atoms with Crippen molar-refractivity contribution in [3.8, 4) is 11.1 Å². The first kappa shape index (κ1) is 20.4. The van der Waals surface area contributed by atoms with Crippen molar-refractivity contribution in [1.29, 1.82) is 0 Å². The Morgan fingerprint density at radius 3 is 2.78 bits per heavy atom. The summed E-state index contributed by atoms with van der Waals surface area (Å²) in [6.45, 7) is 6.56. The minimum Gasteiger partial charge on any atom is -0.365 e. The van der Waals surface area contributed by atoms with Crippen LogP contribution in [0.25, 0.3) is 22.0 Å². The third-order valence-electron chi connectivity index (χ3n) is 6.13. The summed E-state index contributed by atoms with van der Waals surface area (Å²) in [6, 6.07) is 9.66. The van der Waals surface area contributed by atoms with E-state index in [1.807, 2.05) is 51.1 Å².